The lowest BCUT2D eigenvalue weighted by Gasteiger charge is -2.18. The van der Waals surface area contributed by atoms with Gasteiger partial charge >= 0.3 is 6.18 Å². The van der Waals surface area contributed by atoms with Crippen molar-refractivity contribution in [3.05, 3.63) is 35.1 Å². The second-order valence-corrected chi connectivity index (χ2v) is 4.24. The first-order chi connectivity index (χ1) is 8.79. The minimum Gasteiger partial charge on any atom is -0.387 e. The van der Waals surface area contributed by atoms with Crippen molar-refractivity contribution in [1.82, 2.24) is 0 Å². The Hall–Kier alpha value is -1.61. The Kier molecular flexibility index (Phi) is 4.90. The Morgan fingerprint density at radius 3 is 2.42 bits per heavy atom. The maximum atomic E-state index is 13.2. The molecule has 1 aromatic rings. The Labute approximate surface area is 108 Å². The van der Waals surface area contributed by atoms with Gasteiger partial charge in [-0.3, -0.25) is 0 Å². The molecule has 0 radical (unpaired) electrons. The van der Waals surface area contributed by atoms with Crippen molar-refractivity contribution in [3.63, 3.8) is 0 Å². The lowest BCUT2D eigenvalue weighted by molar-refractivity contribution is -0.137. The SMILES string of the molecule is CCCC(C#N)C(O)c1cc(F)cc(C(F)(F)F)c1. The highest BCUT2D eigenvalue weighted by Crippen LogP contribution is 2.33. The van der Waals surface area contributed by atoms with Gasteiger partial charge in [-0.05, 0) is 30.2 Å². The van der Waals surface area contributed by atoms with Crippen molar-refractivity contribution in [2.75, 3.05) is 0 Å². The summed E-state index contributed by atoms with van der Waals surface area (Å²) in [5.41, 5.74) is -1.40. The monoisotopic (exact) mass is 275 g/mol. The molecule has 0 aliphatic heterocycles. The van der Waals surface area contributed by atoms with E-state index in [0.29, 0.717) is 25.0 Å². The molecule has 1 N–H and O–H groups in total. The van der Waals surface area contributed by atoms with Crippen LogP contribution in [0.25, 0.3) is 0 Å². The Morgan fingerprint density at radius 2 is 1.95 bits per heavy atom. The van der Waals surface area contributed by atoms with E-state index in [0.717, 1.165) is 6.07 Å². The number of aliphatic hydroxyl groups excluding tert-OH is 1. The van der Waals surface area contributed by atoms with Crippen LogP contribution in [-0.2, 0) is 6.18 Å². The van der Waals surface area contributed by atoms with Crippen molar-refractivity contribution < 1.29 is 22.7 Å². The molecule has 0 spiro atoms. The number of rotatable bonds is 4. The topological polar surface area (TPSA) is 44.0 Å². The van der Waals surface area contributed by atoms with Gasteiger partial charge < -0.3 is 5.11 Å². The van der Waals surface area contributed by atoms with Gasteiger partial charge in [0.15, 0.2) is 0 Å². The van der Waals surface area contributed by atoms with E-state index in [1.165, 1.54) is 0 Å². The van der Waals surface area contributed by atoms with E-state index in [4.69, 9.17) is 5.26 Å². The van der Waals surface area contributed by atoms with Crippen LogP contribution >= 0.6 is 0 Å². The van der Waals surface area contributed by atoms with Crippen LogP contribution in [0.5, 0.6) is 0 Å². The lowest BCUT2D eigenvalue weighted by Crippen LogP contribution is -2.13. The number of nitrogens with zero attached hydrogens (tertiary/aromatic N) is 1. The summed E-state index contributed by atoms with van der Waals surface area (Å²) in [6.07, 6.45) is -5.20. The summed E-state index contributed by atoms with van der Waals surface area (Å²) in [5.74, 6) is -1.94. The summed E-state index contributed by atoms with van der Waals surface area (Å²) in [7, 11) is 0. The zero-order valence-corrected chi connectivity index (χ0v) is 10.2. The second kappa shape index (κ2) is 6.02. The summed E-state index contributed by atoms with van der Waals surface area (Å²) in [4.78, 5) is 0. The molecule has 0 bridgehead atoms. The number of hydrogen-bond donors (Lipinski definition) is 1. The normalized spacial score (nSPS) is 14.8. The molecule has 0 aromatic heterocycles. The number of hydrogen-bond acceptors (Lipinski definition) is 2. The van der Waals surface area contributed by atoms with Gasteiger partial charge in [0.1, 0.15) is 5.82 Å². The van der Waals surface area contributed by atoms with Gasteiger partial charge in [0.25, 0.3) is 0 Å². The first-order valence-corrected chi connectivity index (χ1v) is 5.75. The van der Waals surface area contributed by atoms with Crippen LogP contribution in [0, 0.1) is 23.1 Å². The third-order valence-electron chi connectivity index (χ3n) is 2.74. The Morgan fingerprint density at radius 1 is 1.32 bits per heavy atom. The predicted molar refractivity (Wildman–Crippen MR) is 60.4 cm³/mol. The second-order valence-electron chi connectivity index (χ2n) is 4.24. The Bertz CT molecular complexity index is 479. The van der Waals surface area contributed by atoms with Crippen LogP contribution < -0.4 is 0 Å². The van der Waals surface area contributed by atoms with E-state index in [1.54, 1.807) is 6.92 Å². The van der Waals surface area contributed by atoms with E-state index in [1.807, 2.05) is 6.07 Å². The fourth-order valence-corrected chi connectivity index (χ4v) is 1.78. The van der Waals surface area contributed by atoms with Crippen LogP contribution in [0.2, 0.25) is 0 Å². The molecule has 0 fully saturated rings. The van der Waals surface area contributed by atoms with E-state index in [2.05, 4.69) is 0 Å². The quantitative estimate of drug-likeness (QED) is 0.849. The van der Waals surface area contributed by atoms with Crippen LogP contribution in [0.15, 0.2) is 18.2 Å². The van der Waals surface area contributed by atoms with Gasteiger partial charge in [-0.2, -0.15) is 18.4 Å². The summed E-state index contributed by atoms with van der Waals surface area (Å²) in [5, 5.41) is 18.7. The van der Waals surface area contributed by atoms with Crippen molar-refractivity contribution in [2.45, 2.75) is 32.0 Å². The number of nitriles is 1. The fourth-order valence-electron chi connectivity index (χ4n) is 1.78. The molecular weight excluding hydrogens is 262 g/mol. The molecule has 0 saturated carbocycles. The molecule has 0 aliphatic rings. The molecule has 104 valence electrons. The minimum atomic E-state index is -4.69. The molecule has 0 aliphatic carbocycles. The molecular formula is C13H13F4NO. The third-order valence-corrected chi connectivity index (χ3v) is 2.74. The number of alkyl halides is 3. The molecule has 0 amide bonds. The fraction of sp³-hybridized carbons (Fsp3) is 0.462. The smallest absolute Gasteiger partial charge is 0.387 e. The molecule has 6 heteroatoms. The average Bonchev–Trinajstić information content (AvgIpc) is 2.33. The average molecular weight is 275 g/mol. The highest BCUT2D eigenvalue weighted by molar-refractivity contribution is 5.29. The molecule has 1 aromatic carbocycles. The number of benzene rings is 1. The molecule has 2 unspecified atom stereocenters. The summed E-state index contributed by atoms with van der Waals surface area (Å²) in [6.45, 7) is 1.78. The molecule has 0 heterocycles. The molecule has 1 rings (SSSR count). The minimum absolute atomic E-state index is 0.229. The first-order valence-electron chi connectivity index (χ1n) is 5.75. The summed E-state index contributed by atoms with van der Waals surface area (Å²) >= 11 is 0. The highest BCUT2D eigenvalue weighted by Gasteiger charge is 2.32. The van der Waals surface area contributed by atoms with Crippen LogP contribution in [0.1, 0.15) is 37.0 Å². The molecule has 2 atom stereocenters. The lowest BCUT2D eigenvalue weighted by atomic mass is 9.92. The van der Waals surface area contributed by atoms with E-state index >= 15 is 0 Å². The van der Waals surface area contributed by atoms with Gasteiger partial charge in [0.05, 0.1) is 23.7 Å². The van der Waals surface area contributed by atoms with E-state index in [9.17, 15) is 22.7 Å². The maximum absolute atomic E-state index is 13.2. The van der Waals surface area contributed by atoms with Crippen molar-refractivity contribution in [2.24, 2.45) is 5.92 Å². The largest absolute Gasteiger partial charge is 0.416 e. The maximum Gasteiger partial charge on any atom is 0.416 e. The van der Waals surface area contributed by atoms with Crippen molar-refractivity contribution in [1.29, 1.82) is 5.26 Å². The van der Waals surface area contributed by atoms with Gasteiger partial charge in [0, 0.05) is 0 Å². The summed E-state index contributed by atoms with van der Waals surface area (Å²) < 4.78 is 50.8. The van der Waals surface area contributed by atoms with Gasteiger partial charge in [0.2, 0.25) is 0 Å². The van der Waals surface area contributed by atoms with Gasteiger partial charge in [-0.25, -0.2) is 4.39 Å². The Balaban J connectivity index is 3.14. The molecule has 2 nitrogen and oxygen atoms in total. The van der Waals surface area contributed by atoms with Gasteiger partial charge in [-0.1, -0.05) is 13.3 Å². The molecule has 0 saturated heterocycles. The zero-order chi connectivity index (χ0) is 14.6. The first kappa shape index (κ1) is 15.4. The van der Waals surface area contributed by atoms with Crippen LogP contribution in [0.3, 0.4) is 0 Å². The van der Waals surface area contributed by atoms with Crippen LogP contribution in [-0.4, -0.2) is 5.11 Å². The standard InChI is InChI=1S/C13H13F4NO/c1-2-3-8(7-18)12(19)9-4-10(13(15,16)17)6-11(14)5-9/h4-6,8,12,19H,2-3H2,1H3. The van der Waals surface area contributed by atoms with E-state index < -0.39 is 29.6 Å². The van der Waals surface area contributed by atoms with Gasteiger partial charge in [-0.15, -0.1) is 0 Å². The number of aliphatic hydroxyl groups is 1. The van der Waals surface area contributed by atoms with Crippen molar-refractivity contribution >= 4 is 0 Å². The summed E-state index contributed by atoms with van der Waals surface area (Å²) in [6, 6.07) is 3.68. The van der Waals surface area contributed by atoms with Crippen LogP contribution in [0.4, 0.5) is 17.6 Å². The third kappa shape index (κ3) is 3.93. The van der Waals surface area contributed by atoms with E-state index in [-0.39, 0.29) is 5.56 Å². The zero-order valence-electron chi connectivity index (χ0n) is 10.2. The molecule has 19 heavy (non-hydrogen) atoms. The van der Waals surface area contributed by atoms with Crippen molar-refractivity contribution in [3.8, 4) is 6.07 Å². The number of halogens is 4. The highest BCUT2D eigenvalue weighted by atomic mass is 19.4. The predicted octanol–water partition coefficient (Wildman–Crippen LogP) is 3.82.